The van der Waals surface area contributed by atoms with Crippen molar-refractivity contribution in [3.63, 3.8) is 0 Å². The first-order valence-corrected chi connectivity index (χ1v) is 6.77. The van der Waals surface area contributed by atoms with Crippen molar-refractivity contribution >= 4 is 15.9 Å². The maximum atomic E-state index is 4.10. The van der Waals surface area contributed by atoms with Crippen LogP contribution in [0.1, 0.15) is 26.3 Å². The van der Waals surface area contributed by atoms with E-state index in [1.54, 1.807) is 6.20 Å². The molecule has 4 heteroatoms. The number of nitrogens with zero attached hydrogens (tertiary/aromatic N) is 2. The highest BCUT2D eigenvalue weighted by Gasteiger charge is 2.11. The SMILES string of the molecule is CC(C)(C)NCc1cc(Br)ccc1-n1ccnc1. The van der Waals surface area contributed by atoms with E-state index >= 15 is 0 Å². The minimum absolute atomic E-state index is 0.106. The van der Waals surface area contributed by atoms with Crippen molar-refractivity contribution in [2.75, 3.05) is 0 Å². The highest BCUT2D eigenvalue weighted by molar-refractivity contribution is 9.10. The molecule has 2 aromatic rings. The number of nitrogens with one attached hydrogen (secondary N) is 1. The smallest absolute Gasteiger partial charge is 0.0991 e. The number of rotatable bonds is 3. The minimum Gasteiger partial charge on any atom is -0.308 e. The molecular formula is C14H18BrN3. The van der Waals surface area contributed by atoms with E-state index in [-0.39, 0.29) is 5.54 Å². The summed E-state index contributed by atoms with van der Waals surface area (Å²) in [6.45, 7) is 7.34. The van der Waals surface area contributed by atoms with Gasteiger partial charge in [-0.25, -0.2) is 4.98 Å². The molecule has 1 aromatic carbocycles. The van der Waals surface area contributed by atoms with Gasteiger partial charge >= 0.3 is 0 Å². The minimum atomic E-state index is 0.106. The molecule has 96 valence electrons. The zero-order valence-electron chi connectivity index (χ0n) is 10.9. The van der Waals surface area contributed by atoms with Crippen molar-refractivity contribution in [2.24, 2.45) is 0 Å². The molecule has 0 aliphatic carbocycles. The van der Waals surface area contributed by atoms with Crippen LogP contribution in [-0.4, -0.2) is 15.1 Å². The largest absolute Gasteiger partial charge is 0.308 e. The highest BCUT2D eigenvalue weighted by atomic mass is 79.9. The lowest BCUT2D eigenvalue weighted by atomic mass is 10.1. The van der Waals surface area contributed by atoms with Crippen LogP contribution in [0.15, 0.2) is 41.4 Å². The summed E-state index contributed by atoms with van der Waals surface area (Å²) in [7, 11) is 0. The first kappa shape index (κ1) is 13.3. The second kappa shape index (κ2) is 5.24. The lowest BCUT2D eigenvalue weighted by Gasteiger charge is -2.22. The summed E-state index contributed by atoms with van der Waals surface area (Å²) < 4.78 is 3.13. The van der Waals surface area contributed by atoms with Gasteiger partial charge in [-0.3, -0.25) is 0 Å². The van der Waals surface area contributed by atoms with Gasteiger partial charge in [-0.05, 0) is 44.5 Å². The first-order valence-electron chi connectivity index (χ1n) is 5.97. The number of hydrogen-bond donors (Lipinski definition) is 1. The molecule has 0 radical (unpaired) electrons. The van der Waals surface area contributed by atoms with E-state index in [0.29, 0.717) is 0 Å². The van der Waals surface area contributed by atoms with E-state index in [9.17, 15) is 0 Å². The summed E-state index contributed by atoms with van der Waals surface area (Å²) in [6, 6.07) is 6.30. The summed E-state index contributed by atoms with van der Waals surface area (Å²) in [5, 5.41) is 3.51. The fourth-order valence-corrected chi connectivity index (χ4v) is 2.12. The molecule has 0 saturated carbocycles. The normalized spacial score (nSPS) is 11.8. The van der Waals surface area contributed by atoms with Crippen LogP contribution in [-0.2, 0) is 6.54 Å². The Kier molecular flexibility index (Phi) is 3.88. The second-order valence-electron chi connectivity index (χ2n) is 5.35. The third-order valence-electron chi connectivity index (χ3n) is 2.63. The average Bonchev–Trinajstić information content (AvgIpc) is 2.79. The number of benzene rings is 1. The van der Waals surface area contributed by atoms with Crippen LogP contribution in [0.2, 0.25) is 0 Å². The molecule has 18 heavy (non-hydrogen) atoms. The Morgan fingerprint density at radius 3 is 2.72 bits per heavy atom. The van der Waals surface area contributed by atoms with E-state index < -0.39 is 0 Å². The molecule has 0 spiro atoms. The highest BCUT2D eigenvalue weighted by Crippen LogP contribution is 2.20. The fraction of sp³-hybridized carbons (Fsp3) is 0.357. The second-order valence-corrected chi connectivity index (χ2v) is 6.26. The van der Waals surface area contributed by atoms with E-state index in [0.717, 1.165) is 16.7 Å². The van der Waals surface area contributed by atoms with Crippen molar-refractivity contribution in [2.45, 2.75) is 32.9 Å². The van der Waals surface area contributed by atoms with Crippen molar-refractivity contribution in [1.82, 2.24) is 14.9 Å². The maximum absolute atomic E-state index is 4.10. The monoisotopic (exact) mass is 307 g/mol. The van der Waals surface area contributed by atoms with E-state index in [1.807, 2.05) is 17.1 Å². The Bertz CT molecular complexity index is 512. The van der Waals surface area contributed by atoms with E-state index in [4.69, 9.17) is 0 Å². The number of aromatic nitrogens is 2. The van der Waals surface area contributed by atoms with Gasteiger partial charge in [0.15, 0.2) is 0 Å². The molecule has 1 heterocycles. The zero-order valence-corrected chi connectivity index (χ0v) is 12.5. The molecule has 0 amide bonds. The topological polar surface area (TPSA) is 29.9 Å². The lowest BCUT2D eigenvalue weighted by Crippen LogP contribution is -2.35. The van der Waals surface area contributed by atoms with Crippen molar-refractivity contribution < 1.29 is 0 Å². The first-order chi connectivity index (χ1) is 8.46. The summed E-state index contributed by atoms with van der Waals surface area (Å²) in [5.41, 5.74) is 2.51. The van der Waals surface area contributed by atoms with Crippen LogP contribution in [0.3, 0.4) is 0 Å². The van der Waals surface area contributed by atoms with Gasteiger partial charge in [-0.2, -0.15) is 0 Å². The molecule has 0 unspecified atom stereocenters. The van der Waals surface area contributed by atoms with Crippen molar-refractivity contribution in [1.29, 1.82) is 0 Å². The van der Waals surface area contributed by atoms with Crippen molar-refractivity contribution in [3.05, 3.63) is 47.0 Å². The van der Waals surface area contributed by atoms with Gasteiger partial charge in [0.25, 0.3) is 0 Å². The molecule has 0 aliphatic rings. The van der Waals surface area contributed by atoms with Crippen LogP contribution in [0, 0.1) is 0 Å². The summed E-state index contributed by atoms with van der Waals surface area (Å²) in [4.78, 5) is 4.10. The summed E-state index contributed by atoms with van der Waals surface area (Å²) in [6.07, 6.45) is 5.58. The van der Waals surface area contributed by atoms with Gasteiger partial charge in [0, 0.05) is 29.0 Å². The third kappa shape index (κ3) is 3.43. The Morgan fingerprint density at radius 1 is 1.33 bits per heavy atom. The standard InChI is InChI=1S/C14H18BrN3/c1-14(2,3)17-9-11-8-12(15)4-5-13(11)18-7-6-16-10-18/h4-8,10,17H,9H2,1-3H3. The molecule has 1 aromatic heterocycles. The zero-order chi connectivity index (χ0) is 13.2. The van der Waals surface area contributed by atoms with Crippen LogP contribution in [0.4, 0.5) is 0 Å². The van der Waals surface area contributed by atoms with Gasteiger partial charge in [-0.1, -0.05) is 15.9 Å². The van der Waals surface area contributed by atoms with E-state index in [1.165, 1.54) is 5.56 Å². The lowest BCUT2D eigenvalue weighted by molar-refractivity contribution is 0.424. The molecule has 1 N–H and O–H groups in total. The Balaban J connectivity index is 2.30. The van der Waals surface area contributed by atoms with Gasteiger partial charge in [0.1, 0.15) is 0 Å². The number of halogens is 1. The van der Waals surface area contributed by atoms with Crippen molar-refractivity contribution in [3.8, 4) is 5.69 Å². The summed E-state index contributed by atoms with van der Waals surface area (Å²) in [5.74, 6) is 0. The van der Waals surface area contributed by atoms with Crippen LogP contribution < -0.4 is 5.32 Å². The Labute approximate surface area is 116 Å². The number of imidazole rings is 1. The molecular weight excluding hydrogens is 290 g/mol. The van der Waals surface area contributed by atoms with Crippen LogP contribution in [0.5, 0.6) is 0 Å². The van der Waals surface area contributed by atoms with Gasteiger partial charge < -0.3 is 9.88 Å². The van der Waals surface area contributed by atoms with Crippen LogP contribution in [0.25, 0.3) is 5.69 Å². The predicted octanol–water partition coefficient (Wildman–Crippen LogP) is 3.52. The number of hydrogen-bond acceptors (Lipinski definition) is 2. The van der Waals surface area contributed by atoms with Gasteiger partial charge in [0.05, 0.1) is 12.0 Å². The Morgan fingerprint density at radius 2 is 2.11 bits per heavy atom. The van der Waals surface area contributed by atoms with Gasteiger partial charge in [0.2, 0.25) is 0 Å². The molecule has 2 rings (SSSR count). The maximum Gasteiger partial charge on any atom is 0.0991 e. The summed E-state index contributed by atoms with van der Waals surface area (Å²) >= 11 is 3.53. The Hall–Kier alpha value is -1.13. The molecule has 3 nitrogen and oxygen atoms in total. The quantitative estimate of drug-likeness (QED) is 0.940. The molecule has 0 saturated heterocycles. The fourth-order valence-electron chi connectivity index (χ4n) is 1.71. The predicted molar refractivity (Wildman–Crippen MR) is 77.9 cm³/mol. The molecule has 0 atom stereocenters. The molecule has 0 bridgehead atoms. The average molecular weight is 308 g/mol. The van der Waals surface area contributed by atoms with Gasteiger partial charge in [-0.15, -0.1) is 0 Å². The molecule has 0 fully saturated rings. The van der Waals surface area contributed by atoms with E-state index in [2.05, 4.69) is 65.2 Å². The molecule has 0 aliphatic heterocycles. The van der Waals surface area contributed by atoms with Crippen LogP contribution >= 0.6 is 15.9 Å². The third-order valence-corrected chi connectivity index (χ3v) is 3.13.